The second-order valence-corrected chi connectivity index (χ2v) is 4.41. The van der Waals surface area contributed by atoms with Gasteiger partial charge in [-0.05, 0) is 19.0 Å². The van der Waals surface area contributed by atoms with Crippen LogP contribution in [0.25, 0.3) is 10.9 Å². The van der Waals surface area contributed by atoms with Gasteiger partial charge < -0.3 is 25.8 Å². The minimum absolute atomic E-state index is 0.543. The number of hydrogen-bond acceptors (Lipinski definition) is 7. The molecule has 1 aromatic carbocycles. The number of benzene rings is 1. The summed E-state index contributed by atoms with van der Waals surface area (Å²) in [5, 5.41) is 6.88. The van der Waals surface area contributed by atoms with Crippen LogP contribution in [0.3, 0.4) is 0 Å². The molecule has 0 aliphatic carbocycles. The molecule has 2 rings (SSSR count). The minimum Gasteiger partial charge on any atom is -0.493 e. The molecule has 0 spiro atoms. The highest BCUT2D eigenvalue weighted by molar-refractivity contribution is 5.92. The first-order valence-corrected chi connectivity index (χ1v) is 6.81. The zero-order valence-corrected chi connectivity index (χ0v) is 12.6. The Morgan fingerprint density at radius 3 is 2.57 bits per heavy atom. The van der Waals surface area contributed by atoms with Crippen LogP contribution < -0.4 is 25.8 Å². The van der Waals surface area contributed by atoms with Gasteiger partial charge in [0.15, 0.2) is 11.5 Å². The first-order valence-electron chi connectivity index (χ1n) is 6.81. The second kappa shape index (κ2) is 6.94. The number of anilines is 2. The molecule has 7 nitrogen and oxygen atoms in total. The third-order valence-electron chi connectivity index (χ3n) is 3.05. The quantitative estimate of drug-likeness (QED) is 0.665. The van der Waals surface area contributed by atoms with Crippen LogP contribution in [0.15, 0.2) is 12.1 Å². The van der Waals surface area contributed by atoms with Crippen molar-refractivity contribution in [3.05, 3.63) is 12.1 Å². The number of aromatic nitrogens is 2. The van der Waals surface area contributed by atoms with Crippen LogP contribution in [0.1, 0.15) is 6.42 Å². The summed E-state index contributed by atoms with van der Waals surface area (Å²) < 4.78 is 11.1. The van der Waals surface area contributed by atoms with E-state index in [4.69, 9.17) is 15.2 Å². The number of nitrogens with zero attached hydrogens (tertiary/aromatic N) is 2. The molecule has 0 amide bonds. The van der Waals surface area contributed by atoms with Crippen molar-refractivity contribution in [2.24, 2.45) is 5.73 Å². The summed E-state index contributed by atoms with van der Waals surface area (Å²) >= 11 is 0. The summed E-state index contributed by atoms with van der Waals surface area (Å²) in [6, 6.07) is 3.73. The van der Waals surface area contributed by atoms with Gasteiger partial charge in [0.1, 0.15) is 5.82 Å². The van der Waals surface area contributed by atoms with Crippen LogP contribution in [0, 0.1) is 0 Å². The summed E-state index contributed by atoms with van der Waals surface area (Å²) in [7, 11) is 5.21. The Labute approximate surface area is 123 Å². The van der Waals surface area contributed by atoms with E-state index in [9.17, 15) is 0 Å². The molecule has 0 aliphatic rings. The molecule has 114 valence electrons. The molecular formula is C14H21N5O2. The summed E-state index contributed by atoms with van der Waals surface area (Å²) in [5.41, 5.74) is 6.26. The highest BCUT2D eigenvalue weighted by Gasteiger charge is 2.12. The second-order valence-electron chi connectivity index (χ2n) is 4.41. The SMILES string of the molecule is CNc1nc(NC)c2cc(OC)c(OCCCN)cc2n1. The predicted molar refractivity (Wildman–Crippen MR) is 84.3 cm³/mol. The molecule has 0 saturated heterocycles. The van der Waals surface area contributed by atoms with Gasteiger partial charge in [-0.25, -0.2) is 4.98 Å². The molecule has 7 heteroatoms. The molecule has 21 heavy (non-hydrogen) atoms. The molecular weight excluding hydrogens is 270 g/mol. The standard InChI is InChI=1S/C14H21N5O2/c1-16-13-9-7-11(20-3)12(21-6-4-5-15)8-10(9)18-14(17-2)19-13/h7-8H,4-6,15H2,1-3H3,(H2,16,17,18,19). The number of rotatable bonds is 7. The Kier molecular flexibility index (Phi) is 4.99. The van der Waals surface area contributed by atoms with Gasteiger partial charge in [-0.3, -0.25) is 0 Å². The topological polar surface area (TPSA) is 94.3 Å². The summed E-state index contributed by atoms with van der Waals surface area (Å²) in [6.07, 6.45) is 0.786. The van der Waals surface area contributed by atoms with Gasteiger partial charge in [-0.1, -0.05) is 0 Å². The molecule has 2 aromatic rings. The Bertz CT molecular complexity index is 618. The highest BCUT2D eigenvalue weighted by atomic mass is 16.5. The van der Waals surface area contributed by atoms with E-state index in [2.05, 4.69) is 20.6 Å². The third-order valence-corrected chi connectivity index (χ3v) is 3.05. The number of fused-ring (bicyclic) bond motifs is 1. The minimum atomic E-state index is 0.543. The maximum atomic E-state index is 5.72. The number of methoxy groups -OCH3 is 1. The van der Waals surface area contributed by atoms with Gasteiger partial charge in [0.2, 0.25) is 5.95 Å². The maximum Gasteiger partial charge on any atom is 0.224 e. The van der Waals surface area contributed by atoms with Crippen molar-refractivity contribution in [2.75, 3.05) is 45.0 Å². The summed E-state index contributed by atoms with van der Waals surface area (Å²) in [4.78, 5) is 8.82. The van der Waals surface area contributed by atoms with Crippen LogP contribution >= 0.6 is 0 Å². The Morgan fingerprint density at radius 2 is 1.95 bits per heavy atom. The van der Waals surface area contributed by atoms with Crippen molar-refractivity contribution in [1.82, 2.24) is 9.97 Å². The van der Waals surface area contributed by atoms with Gasteiger partial charge in [0.25, 0.3) is 0 Å². The van der Waals surface area contributed by atoms with Gasteiger partial charge >= 0.3 is 0 Å². The van der Waals surface area contributed by atoms with Gasteiger partial charge in [0.05, 0.1) is 19.2 Å². The summed E-state index contributed by atoms with van der Waals surface area (Å²) in [6.45, 7) is 1.13. The lowest BCUT2D eigenvalue weighted by molar-refractivity contribution is 0.292. The van der Waals surface area contributed by atoms with E-state index in [-0.39, 0.29) is 0 Å². The van der Waals surface area contributed by atoms with Crippen molar-refractivity contribution in [1.29, 1.82) is 0 Å². The molecule has 4 N–H and O–H groups in total. The average Bonchev–Trinajstić information content (AvgIpc) is 2.53. The van der Waals surface area contributed by atoms with Crippen molar-refractivity contribution < 1.29 is 9.47 Å². The Hall–Kier alpha value is -2.28. The van der Waals surface area contributed by atoms with Crippen molar-refractivity contribution >= 4 is 22.7 Å². The summed E-state index contributed by atoms with van der Waals surface area (Å²) in [5.74, 6) is 2.58. The van der Waals surface area contributed by atoms with E-state index >= 15 is 0 Å². The van der Waals surface area contributed by atoms with E-state index in [1.54, 1.807) is 14.2 Å². The molecule has 0 bridgehead atoms. The first-order chi connectivity index (χ1) is 10.2. The van der Waals surface area contributed by atoms with Crippen LogP contribution in [0.5, 0.6) is 11.5 Å². The smallest absolute Gasteiger partial charge is 0.224 e. The van der Waals surface area contributed by atoms with Crippen molar-refractivity contribution in [2.45, 2.75) is 6.42 Å². The Balaban J connectivity index is 2.50. The number of hydrogen-bond donors (Lipinski definition) is 3. The van der Waals surface area contributed by atoms with Gasteiger partial charge in [0, 0.05) is 25.5 Å². The molecule has 0 fully saturated rings. The zero-order chi connectivity index (χ0) is 15.2. The maximum absolute atomic E-state index is 5.72. The van der Waals surface area contributed by atoms with Crippen LogP contribution in [0.4, 0.5) is 11.8 Å². The van der Waals surface area contributed by atoms with E-state index in [1.807, 2.05) is 19.2 Å². The lowest BCUT2D eigenvalue weighted by Gasteiger charge is -2.13. The lowest BCUT2D eigenvalue weighted by atomic mass is 10.2. The van der Waals surface area contributed by atoms with Gasteiger partial charge in [-0.15, -0.1) is 0 Å². The predicted octanol–water partition coefficient (Wildman–Crippen LogP) is 1.45. The molecule has 0 atom stereocenters. The fourth-order valence-corrected chi connectivity index (χ4v) is 1.98. The number of ether oxygens (including phenoxy) is 2. The van der Waals surface area contributed by atoms with E-state index in [0.29, 0.717) is 30.6 Å². The van der Waals surface area contributed by atoms with Crippen LogP contribution in [-0.2, 0) is 0 Å². The van der Waals surface area contributed by atoms with E-state index < -0.39 is 0 Å². The fourth-order valence-electron chi connectivity index (χ4n) is 1.98. The van der Waals surface area contributed by atoms with Crippen LogP contribution in [-0.4, -0.2) is 44.3 Å². The lowest BCUT2D eigenvalue weighted by Crippen LogP contribution is -2.07. The number of nitrogens with two attached hydrogens (primary N) is 1. The largest absolute Gasteiger partial charge is 0.493 e. The first kappa shape index (κ1) is 15.1. The van der Waals surface area contributed by atoms with Crippen LogP contribution in [0.2, 0.25) is 0 Å². The molecule has 0 radical (unpaired) electrons. The van der Waals surface area contributed by atoms with E-state index in [1.165, 1.54) is 0 Å². The highest BCUT2D eigenvalue weighted by Crippen LogP contribution is 2.34. The zero-order valence-electron chi connectivity index (χ0n) is 12.6. The average molecular weight is 291 g/mol. The molecule has 1 heterocycles. The molecule has 0 saturated carbocycles. The van der Waals surface area contributed by atoms with Crippen molar-refractivity contribution in [3.63, 3.8) is 0 Å². The molecule has 1 aromatic heterocycles. The molecule has 0 unspecified atom stereocenters. The third kappa shape index (κ3) is 3.25. The number of nitrogens with one attached hydrogen (secondary N) is 2. The normalized spacial score (nSPS) is 10.5. The van der Waals surface area contributed by atoms with Gasteiger partial charge in [-0.2, -0.15) is 4.98 Å². The Morgan fingerprint density at radius 1 is 1.14 bits per heavy atom. The molecule has 0 aliphatic heterocycles. The fraction of sp³-hybridized carbons (Fsp3) is 0.429. The van der Waals surface area contributed by atoms with E-state index in [0.717, 1.165) is 23.1 Å². The van der Waals surface area contributed by atoms with Crippen molar-refractivity contribution in [3.8, 4) is 11.5 Å². The monoisotopic (exact) mass is 291 g/mol.